The maximum atomic E-state index is 9.17. The summed E-state index contributed by atoms with van der Waals surface area (Å²) in [7, 11) is 0. The number of aliphatic hydroxyl groups excluding tert-OH is 1. The topological polar surface area (TPSA) is 46.2 Å². The molecule has 2 unspecified atom stereocenters. The Kier molecular flexibility index (Phi) is 6.13. The molecule has 2 nitrogen and oxygen atoms in total. The number of hydrogen-bond acceptors (Lipinski definition) is 2. The van der Waals surface area contributed by atoms with Crippen molar-refractivity contribution in [3.05, 3.63) is 34.9 Å². The maximum absolute atomic E-state index is 9.17. The zero-order chi connectivity index (χ0) is 13.2. The third kappa shape index (κ3) is 3.43. The summed E-state index contributed by atoms with van der Waals surface area (Å²) in [5.74, 6) is 0.268. The molecule has 0 saturated heterocycles. The van der Waals surface area contributed by atoms with Gasteiger partial charge in [-0.15, -0.1) is 12.4 Å². The lowest BCUT2D eigenvalue weighted by Gasteiger charge is -2.47. The molecule has 0 bridgehead atoms. The molecule has 0 aromatic heterocycles. The van der Waals surface area contributed by atoms with Gasteiger partial charge in [-0.3, -0.25) is 0 Å². The van der Waals surface area contributed by atoms with E-state index in [1.165, 1.54) is 12.0 Å². The molecule has 0 radical (unpaired) electrons. The predicted molar refractivity (Wildman–Crippen MR) is 83.1 cm³/mol. The molecular formula is C15H23Cl2NO. The molecule has 4 heteroatoms. The minimum Gasteiger partial charge on any atom is -0.396 e. The Morgan fingerprint density at radius 3 is 2.32 bits per heavy atom. The molecule has 2 atom stereocenters. The highest BCUT2D eigenvalue weighted by Gasteiger charge is 2.43. The van der Waals surface area contributed by atoms with Gasteiger partial charge in [0, 0.05) is 23.1 Å². The molecule has 1 fully saturated rings. The summed E-state index contributed by atoms with van der Waals surface area (Å²) in [4.78, 5) is 0. The van der Waals surface area contributed by atoms with Gasteiger partial charge in [-0.25, -0.2) is 0 Å². The van der Waals surface area contributed by atoms with Gasteiger partial charge in [-0.05, 0) is 42.9 Å². The molecule has 1 aromatic rings. The molecule has 1 aliphatic rings. The molecule has 1 saturated carbocycles. The summed E-state index contributed by atoms with van der Waals surface area (Å²) >= 11 is 5.95. The number of rotatable bonds is 5. The van der Waals surface area contributed by atoms with Gasteiger partial charge in [0.05, 0.1) is 0 Å². The van der Waals surface area contributed by atoms with Gasteiger partial charge < -0.3 is 10.8 Å². The number of aliphatic hydroxyl groups is 1. The van der Waals surface area contributed by atoms with E-state index in [-0.39, 0.29) is 36.4 Å². The van der Waals surface area contributed by atoms with Crippen LogP contribution in [0.15, 0.2) is 24.3 Å². The predicted octanol–water partition coefficient (Wildman–Crippen LogP) is 3.53. The van der Waals surface area contributed by atoms with Crippen LogP contribution in [-0.2, 0) is 5.41 Å². The summed E-state index contributed by atoms with van der Waals surface area (Å²) in [6.45, 7) is 2.26. The third-order valence-corrected chi connectivity index (χ3v) is 4.59. The summed E-state index contributed by atoms with van der Waals surface area (Å²) < 4.78 is 0. The Labute approximate surface area is 126 Å². The second-order valence-electron chi connectivity index (χ2n) is 5.65. The molecule has 0 aliphatic heterocycles. The highest BCUT2D eigenvalue weighted by Crippen LogP contribution is 2.47. The van der Waals surface area contributed by atoms with Crippen molar-refractivity contribution >= 4 is 24.0 Å². The fraction of sp³-hybridized carbons (Fsp3) is 0.600. The smallest absolute Gasteiger partial charge is 0.0457 e. The zero-order valence-corrected chi connectivity index (χ0v) is 12.9. The first-order chi connectivity index (χ1) is 8.58. The molecule has 0 heterocycles. The van der Waals surface area contributed by atoms with Gasteiger partial charge in [-0.1, -0.05) is 37.1 Å². The average Bonchev–Trinajstić information content (AvgIpc) is 2.30. The van der Waals surface area contributed by atoms with Crippen LogP contribution in [0.2, 0.25) is 5.02 Å². The highest BCUT2D eigenvalue weighted by atomic mass is 35.5. The van der Waals surface area contributed by atoms with Crippen molar-refractivity contribution < 1.29 is 5.11 Å². The lowest BCUT2D eigenvalue weighted by atomic mass is 9.59. The monoisotopic (exact) mass is 303 g/mol. The summed E-state index contributed by atoms with van der Waals surface area (Å²) in [6.07, 6.45) is 4.41. The van der Waals surface area contributed by atoms with E-state index in [0.717, 1.165) is 24.3 Å². The minimum atomic E-state index is 0. The van der Waals surface area contributed by atoms with E-state index in [0.29, 0.717) is 0 Å². The van der Waals surface area contributed by atoms with Crippen molar-refractivity contribution in [2.24, 2.45) is 11.7 Å². The molecule has 2 rings (SSSR count). The minimum absolute atomic E-state index is 0. The molecule has 0 spiro atoms. The van der Waals surface area contributed by atoms with Crippen molar-refractivity contribution in [3.63, 3.8) is 0 Å². The molecule has 0 amide bonds. The van der Waals surface area contributed by atoms with Crippen molar-refractivity contribution in [1.29, 1.82) is 0 Å². The lowest BCUT2D eigenvalue weighted by molar-refractivity contribution is 0.153. The summed E-state index contributed by atoms with van der Waals surface area (Å²) in [6, 6.07) is 8.21. The molecule has 1 aromatic carbocycles. The van der Waals surface area contributed by atoms with Gasteiger partial charge in [-0.2, -0.15) is 0 Å². The second kappa shape index (κ2) is 6.94. The second-order valence-corrected chi connectivity index (χ2v) is 6.08. The third-order valence-electron chi connectivity index (χ3n) is 4.34. The Morgan fingerprint density at radius 1 is 1.32 bits per heavy atom. The number of halogens is 2. The number of hydrogen-bond donors (Lipinski definition) is 2. The van der Waals surface area contributed by atoms with Crippen LogP contribution in [0.25, 0.3) is 0 Å². The summed E-state index contributed by atoms with van der Waals surface area (Å²) in [5, 5.41) is 9.94. The van der Waals surface area contributed by atoms with Gasteiger partial charge in [0.25, 0.3) is 0 Å². The van der Waals surface area contributed by atoms with Crippen molar-refractivity contribution in [1.82, 2.24) is 0 Å². The van der Waals surface area contributed by atoms with E-state index in [4.69, 9.17) is 17.3 Å². The van der Waals surface area contributed by atoms with Gasteiger partial charge in [0.15, 0.2) is 0 Å². The van der Waals surface area contributed by atoms with Crippen LogP contribution in [0.5, 0.6) is 0 Å². The van der Waals surface area contributed by atoms with E-state index in [1.807, 2.05) is 19.1 Å². The Hall–Kier alpha value is -0.280. The highest BCUT2D eigenvalue weighted by molar-refractivity contribution is 6.30. The van der Waals surface area contributed by atoms with E-state index < -0.39 is 0 Å². The Bertz CT molecular complexity index is 390. The lowest BCUT2D eigenvalue weighted by Crippen LogP contribution is -2.51. The Balaban J connectivity index is 0.00000180. The fourth-order valence-corrected chi connectivity index (χ4v) is 3.07. The molecule has 19 heavy (non-hydrogen) atoms. The average molecular weight is 304 g/mol. The van der Waals surface area contributed by atoms with E-state index >= 15 is 0 Å². The molecule has 1 aliphatic carbocycles. The maximum Gasteiger partial charge on any atom is 0.0457 e. The van der Waals surface area contributed by atoms with Crippen LogP contribution in [0.3, 0.4) is 0 Å². The van der Waals surface area contributed by atoms with Crippen LogP contribution in [0, 0.1) is 5.92 Å². The van der Waals surface area contributed by atoms with Crippen LogP contribution >= 0.6 is 24.0 Å². The number of nitrogens with two attached hydrogens (primary N) is 1. The zero-order valence-electron chi connectivity index (χ0n) is 11.3. The fourth-order valence-electron chi connectivity index (χ4n) is 2.95. The van der Waals surface area contributed by atoms with E-state index in [1.54, 1.807) is 0 Å². The van der Waals surface area contributed by atoms with E-state index in [9.17, 15) is 5.11 Å². The Morgan fingerprint density at radius 2 is 1.89 bits per heavy atom. The first kappa shape index (κ1) is 16.8. The summed E-state index contributed by atoms with van der Waals surface area (Å²) in [5.41, 5.74) is 7.82. The van der Waals surface area contributed by atoms with Gasteiger partial charge in [0.2, 0.25) is 0 Å². The van der Waals surface area contributed by atoms with Crippen LogP contribution in [0.1, 0.15) is 38.2 Å². The van der Waals surface area contributed by atoms with Crippen LogP contribution in [0.4, 0.5) is 0 Å². The standard InChI is InChI=1S/C15H22ClNO.ClH/c1-11(10-18)9-14(17)15(7-2-8-15)12-3-5-13(16)6-4-12;/h3-6,11,14,18H,2,7-10,17H2,1H3;1H. The van der Waals surface area contributed by atoms with Crippen molar-refractivity contribution in [2.45, 2.75) is 44.1 Å². The van der Waals surface area contributed by atoms with Crippen molar-refractivity contribution in [3.8, 4) is 0 Å². The molecule has 3 N–H and O–H groups in total. The van der Waals surface area contributed by atoms with Crippen LogP contribution < -0.4 is 5.73 Å². The van der Waals surface area contributed by atoms with E-state index in [2.05, 4.69) is 12.1 Å². The molecular weight excluding hydrogens is 281 g/mol. The quantitative estimate of drug-likeness (QED) is 0.874. The first-order valence-corrected chi connectivity index (χ1v) is 7.09. The SMILES string of the molecule is CC(CO)CC(N)C1(c2ccc(Cl)cc2)CCC1.Cl. The van der Waals surface area contributed by atoms with Gasteiger partial charge in [0.1, 0.15) is 0 Å². The largest absolute Gasteiger partial charge is 0.396 e. The van der Waals surface area contributed by atoms with Crippen molar-refractivity contribution in [2.75, 3.05) is 6.61 Å². The number of benzene rings is 1. The molecule has 108 valence electrons. The normalized spacial score (nSPS) is 20.0. The van der Waals surface area contributed by atoms with Gasteiger partial charge >= 0.3 is 0 Å². The van der Waals surface area contributed by atoms with Crippen LogP contribution in [-0.4, -0.2) is 17.8 Å². The first-order valence-electron chi connectivity index (χ1n) is 6.71.